The van der Waals surface area contributed by atoms with Gasteiger partial charge in [-0.05, 0) is 24.8 Å². The first-order chi connectivity index (χ1) is 6.06. The highest BCUT2D eigenvalue weighted by Gasteiger charge is 1.84. The number of rotatable bonds is 1. The maximum Gasteiger partial charge on any atom is -0.0307 e. The Morgan fingerprint density at radius 2 is 1.27 bits per heavy atom. The summed E-state index contributed by atoms with van der Waals surface area (Å²) in [6.45, 7) is 10.8. The molecule has 0 bridgehead atoms. The zero-order chi connectivity index (χ0) is 10.3. The van der Waals surface area contributed by atoms with Gasteiger partial charge in [-0.15, -0.1) is 0 Å². The van der Waals surface area contributed by atoms with Gasteiger partial charge in [-0.2, -0.15) is 0 Å². The summed E-state index contributed by atoms with van der Waals surface area (Å²) in [5.74, 6) is 0.833. The van der Waals surface area contributed by atoms with Gasteiger partial charge in [0.2, 0.25) is 0 Å². The van der Waals surface area contributed by atoms with E-state index in [2.05, 4.69) is 58.9 Å². The second-order valence-electron chi connectivity index (χ2n) is 4.07. The number of hydrogen-bond acceptors (Lipinski definition) is 0. The SMILES string of the molecule is C.C.CC(C)C.CCc1ccc(C)cc1. The number of aryl methyl sites for hydroxylation is 2. The minimum absolute atomic E-state index is 0. The van der Waals surface area contributed by atoms with Gasteiger partial charge in [0.1, 0.15) is 0 Å². The van der Waals surface area contributed by atoms with E-state index < -0.39 is 0 Å². The molecule has 0 saturated carbocycles. The summed E-state index contributed by atoms with van der Waals surface area (Å²) in [5, 5.41) is 0. The summed E-state index contributed by atoms with van der Waals surface area (Å²) in [4.78, 5) is 0. The Morgan fingerprint density at radius 3 is 1.53 bits per heavy atom. The van der Waals surface area contributed by atoms with Crippen molar-refractivity contribution in [2.75, 3.05) is 0 Å². The van der Waals surface area contributed by atoms with Crippen LogP contribution >= 0.6 is 0 Å². The highest BCUT2D eigenvalue weighted by molar-refractivity contribution is 5.20. The van der Waals surface area contributed by atoms with Crippen LogP contribution in [-0.4, -0.2) is 0 Å². The molecule has 0 radical (unpaired) electrons. The van der Waals surface area contributed by atoms with E-state index in [4.69, 9.17) is 0 Å². The van der Waals surface area contributed by atoms with E-state index in [1.807, 2.05) is 0 Å². The van der Waals surface area contributed by atoms with Gasteiger partial charge in [0.15, 0.2) is 0 Å². The summed E-state index contributed by atoms with van der Waals surface area (Å²) in [6.07, 6.45) is 1.14. The summed E-state index contributed by atoms with van der Waals surface area (Å²) < 4.78 is 0. The molecule has 0 unspecified atom stereocenters. The first-order valence-electron chi connectivity index (χ1n) is 5.11. The minimum atomic E-state index is 0. The zero-order valence-corrected chi connectivity index (χ0v) is 9.59. The van der Waals surface area contributed by atoms with E-state index in [9.17, 15) is 0 Å². The van der Waals surface area contributed by atoms with Crippen molar-refractivity contribution in [1.82, 2.24) is 0 Å². The normalized spacial score (nSPS) is 8.13. The molecule has 0 spiro atoms. The lowest BCUT2D eigenvalue weighted by atomic mass is 10.1. The van der Waals surface area contributed by atoms with Gasteiger partial charge in [-0.25, -0.2) is 0 Å². The molecule has 1 rings (SSSR count). The second-order valence-corrected chi connectivity index (χ2v) is 4.07. The van der Waals surface area contributed by atoms with E-state index in [-0.39, 0.29) is 14.9 Å². The van der Waals surface area contributed by atoms with Gasteiger partial charge < -0.3 is 0 Å². The molecular formula is C15H30. The first kappa shape index (κ1) is 19.7. The highest BCUT2D eigenvalue weighted by atomic mass is 13.9. The van der Waals surface area contributed by atoms with Crippen LogP contribution in [0.2, 0.25) is 0 Å². The van der Waals surface area contributed by atoms with Gasteiger partial charge in [0, 0.05) is 0 Å². The van der Waals surface area contributed by atoms with Gasteiger partial charge in [0.05, 0.1) is 0 Å². The van der Waals surface area contributed by atoms with Gasteiger partial charge in [0.25, 0.3) is 0 Å². The van der Waals surface area contributed by atoms with Crippen LogP contribution in [0.5, 0.6) is 0 Å². The Labute approximate surface area is 97.7 Å². The summed E-state index contributed by atoms with van der Waals surface area (Å²) in [5.41, 5.74) is 2.76. The molecule has 0 nitrogen and oxygen atoms in total. The Balaban J connectivity index is -0.000000213. The van der Waals surface area contributed by atoms with E-state index in [1.54, 1.807) is 0 Å². The Hall–Kier alpha value is -0.780. The zero-order valence-electron chi connectivity index (χ0n) is 9.59. The van der Waals surface area contributed by atoms with Gasteiger partial charge in [-0.1, -0.05) is 72.4 Å². The lowest BCUT2D eigenvalue weighted by Crippen LogP contribution is -1.77. The fraction of sp³-hybridized carbons (Fsp3) is 0.600. The first-order valence-corrected chi connectivity index (χ1v) is 5.11. The monoisotopic (exact) mass is 210 g/mol. The average Bonchev–Trinajstić information content (AvgIpc) is 2.05. The van der Waals surface area contributed by atoms with Gasteiger partial charge >= 0.3 is 0 Å². The van der Waals surface area contributed by atoms with Crippen LogP contribution in [0.3, 0.4) is 0 Å². The average molecular weight is 210 g/mol. The molecule has 0 aliphatic heterocycles. The molecule has 90 valence electrons. The summed E-state index contributed by atoms with van der Waals surface area (Å²) in [7, 11) is 0. The molecule has 0 N–H and O–H groups in total. The predicted molar refractivity (Wildman–Crippen MR) is 74.5 cm³/mol. The van der Waals surface area contributed by atoms with Crippen molar-refractivity contribution in [3.63, 3.8) is 0 Å². The number of hydrogen-bond donors (Lipinski definition) is 0. The van der Waals surface area contributed by atoms with Crippen LogP contribution in [0.4, 0.5) is 0 Å². The Kier molecular flexibility index (Phi) is 14.9. The van der Waals surface area contributed by atoms with Crippen molar-refractivity contribution >= 4 is 0 Å². The largest absolute Gasteiger partial charge is 0.0776 e. The Bertz CT molecular complexity index is 203. The molecule has 0 aliphatic carbocycles. The van der Waals surface area contributed by atoms with E-state index in [1.165, 1.54) is 11.1 Å². The topological polar surface area (TPSA) is 0 Å². The molecule has 1 aromatic carbocycles. The summed E-state index contributed by atoms with van der Waals surface area (Å²) >= 11 is 0. The summed E-state index contributed by atoms with van der Waals surface area (Å²) in [6, 6.07) is 8.66. The third-order valence-corrected chi connectivity index (χ3v) is 1.53. The molecule has 0 amide bonds. The van der Waals surface area contributed by atoms with E-state index in [0.29, 0.717) is 0 Å². The second kappa shape index (κ2) is 11.3. The van der Waals surface area contributed by atoms with Crippen molar-refractivity contribution in [1.29, 1.82) is 0 Å². The van der Waals surface area contributed by atoms with Crippen molar-refractivity contribution in [3.05, 3.63) is 35.4 Å². The maximum absolute atomic E-state index is 2.18. The third-order valence-electron chi connectivity index (χ3n) is 1.53. The minimum Gasteiger partial charge on any atom is -0.0776 e. The van der Waals surface area contributed by atoms with Crippen LogP contribution in [0, 0.1) is 12.8 Å². The van der Waals surface area contributed by atoms with Crippen LogP contribution < -0.4 is 0 Å². The van der Waals surface area contributed by atoms with Gasteiger partial charge in [-0.3, -0.25) is 0 Å². The quantitative estimate of drug-likeness (QED) is 0.575. The molecule has 0 atom stereocenters. The van der Waals surface area contributed by atoms with Crippen molar-refractivity contribution in [3.8, 4) is 0 Å². The molecule has 0 heteroatoms. The molecule has 1 aromatic rings. The van der Waals surface area contributed by atoms with Crippen molar-refractivity contribution in [2.24, 2.45) is 5.92 Å². The molecule has 0 heterocycles. The molecular weight excluding hydrogens is 180 g/mol. The lowest BCUT2D eigenvalue weighted by Gasteiger charge is -1.94. The van der Waals surface area contributed by atoms with Crippen LogP contribution in [0.25, 0.3) is 0 Å². The maximum atomic E-state index is 2.18. The smallest absolute Gasteiger partial charge is 0.0307 e. The highest BCUT2D eigenvalue weighted by Crippen LogP contribution is 2.02. The van der Waals surface area contributed by atoms with Crippen molar-refractivity contribution < 1.29 is 0 Å². The van der Waals surface area contributed by atoms with Crippen LogP contribution in [0.1, 0.15) is 53.7 Å². The van der Waals surface area contributed by atoms with Crippen molar-refractivity contribution in [2.45, 2.75) is 55.9 Å². The fourth-order valence-corrected chi connectivity index (χ4v) is 0.824. The molecule has 0 aliphatic rings. The van der Waals surface area contributed by atoms with E-state index in [0.717, 1.165) is 12.3 Å². The fourth-order valence-electron chi connectivity index (χ4n) is 0.824. The molecule has 15 heavy (non-hydrogen) atoms. The number of benzene rings is 1. The van der Waals surface area contributed by atoms with Crippen LogP contribution in [-0.2, 0) is 6.42 Å². The molecule has 0 saturated heterocycles. The standard InChI is InChI=1S/C9H12.C4H10.2CH4/c1-3-9-6-4-8(2)5-7-9;1-4(2)3;;/h4-7H,3H2,1-2H3;4H,1-3H3;2*1H4. The predicted octanol–water partition coefficient (Wildman–Crippen LogP) is 5.49. The molecule has 0 aromatic heterocycles. The lowest BCUT2D eigenvalue weighted by molar-refractivity contribution is 0.737. The van der Waals surface area contributed by atoms with Crippen LogP contribution in [0.15, 0.2) is 24.3 Å². The van der Waals surface area contributed by atoms with E-state index >= 15 is 0 Å². The Morgan fingerprint density at radius 1 is 0.933 bits per heavy atom. The molecule has 0 fully saturated rings. The third kappa shape index (κ3) is 13.2.